The molecule has 0 saturated carbocycles. The van der Waals surface area contributed by atoms with Crippen molar-refractivity contribution in [2.75, 3.05) is 6.54 Å². The third kappa shape index (κ3) is 1.63. The van der Waals surface area contributed by atoms with Crippen LogP contribution in [0.4, 0.5) is 4.79 Å². The van der Waals surface area contributed by atoms with Crippen molar-refractivity contribution < 1.29 is 14.3 Å². The highest BCUT2D eigenvalue weighted by Gasteiger charge is 2.47. The van der Waals surface area contributed by atoms with Gasteiger partial charge in [0.05, 0.1) is 12.6 Å². The van der Waals surface area contributed by atoms with E-state index in [-0.39, 0.29) is 18.4 Å². The normalized spacial score (nSPS) is 31.5. The predicted molar refractivity (Wildman–Crippen MR) is 46.2 cm³/mol. The summed E-state index contributed by atoms with van der Waals surface area (Å²) in [7, 11) is 0. The van der Waals surface area contributed by atoms with Crippen molar-refractivity contribution in [3.8, 4) is 0 Å². The highest BCUT2D eigenvalue weighted by molar-refractivity contribution is 5.69. The Hall–Kier alpha value is -0.770. The average molecular weight is 185 g/mol. The van der Waals surface area contributed by atoms with Gasteiger partial charge in [-0.15, -0.1) is 0 Å². The third-order valence-electron chi connectivity index (χ3n) is 2.19. The van der Waals surface area contributed by atoms with E-state index in [1.807, 2.05) is 20.8 Å². The van der Waals surface area contributed by atoms with E-state index in [4.69, 9.17) is 9.47 Å². The van der Waals surface area contributed by atoms with Crippen LogP contribution >= 0.6 is 0 Å². The predicted octanol–water partition coefficient (Wildman–Crippen LogP) is 1.35. The van der Waals surface area contributed by atoms with Gasteiger partial charge in [0.2, 0.25) is 0 Å². The first kappa shape index (κ1) is 8.81. The second-order valence-corrected chi connectivity index (χ2v) is 4.58. The molecule has 0 aromatic heterocycles. The maximum Gasteiger partial charge on any atom is 0.412 e. The van der Waals surface area contributed by atoms with Crippen LogP contribution in [-0.4, -0.2) is 35.5 Å². The van der Waals surface area contributed by atoms with Gasteiger partial charge in [-0.25, -0.2) is 4.79 Å². The molecule has 3 rings (SSSR count). The summed E-state index contributed by atoms with van der Waals surface area (Å²) < 4.78 is 10.5. The molecular weight excluding hydrogens is 170 g/mol. The minimum Gasteiger partial charge on any atom is -0.444 e. The Kier molecular flexibility index (Phi) is 1.77. The maximum atomic E-state index is 11.5. The summed E-state index contributed by atoms with van der Waals surface area (Å²) in [5.74, 6) is 0. The van der Waals surface area contributed by atoms with Crippen LogP contribution in [0.5, 0.6) is 0 Å². The molecule has 0 spiro atoms. The van der Waals surface area contributed by atoms with Gasteiger partial charge in [-0.1, -0.05) is 0 Å². The highest BCUT2D eigenvalue weighted by Crippen LogP contribution is 2.34. The number of carbonyl (C=O) groups is 1. The van der Waals surface area contributed by atoms with Crippen LogP contribution in [0.3, 0.4) is 0 Å². The zero-order chi connectivity index (χ0) is 9.64. The van der Waals surface area contributed by atoms with Crippen LogP contribution in [0.25, 0.3) is 0 Å². The van der Waals surface area contributed by atoms with Crippen LogP contribution in [0, 0.1) is 0 Å². The maximum absolute atomic E-state index is 11.5. The largest absolute Gasteiger partial charge is 0.444 e. The quantitative estimate of drug-likeness (QED) is 0.572. The van der Waals surface area contributed by atoms with E-state index in [1.165, 1.54) is 0 Å². The molecule has 2 bridgehead atoms. The lowest BCUT2D eigenvalue weighted by molar-refractivity contribution is -0.0991. The van der Waals surface area contributed by atoms with Gasteiger partial charge < -0.3 is 9.47 Å². The number of nitrogens with zero attached hydrogens (tertiary/aromatic N) is 1. The molecule has 3 saturated heterocycles. The number of fused-ring (bicyclic) bond motifs is 1. The van der Waals surface area contributed by atoms with Crippen molar-refractivity contribution in [3.05, 3.63) is 0 Å². The number of hydrogen-bond acceptors (Lipinski definition) is 3. The van der Waals surface area contributed by atoms with Crippen molar-refractivity contribution >= 4 is 6.09 Å². The summed E-state index contributed by atoms with van der Waals surface area (Å²) in [4.78, 5) is 13.2. The van der Waals surface area contributed by atoms with Gasteiger partial charge in [0.1, 0.15) is 11.8 Å². The average Bonchev–Trinajstić information content (AvgIpc) is 2.34. The van der Waals surface area contributed by atoms with Crippen molar-refractivity contribution in [1.29, 1.82) is 0 Å². The highest BCUT2D eigenvalue weighted by atomic mass is 16.6. The fourth-order valence-corrected chi connectivity index (χ4v) is 1.60. The number of rotatable bonds is 0. The monoisotopic (exact) mass is 185 g/mol. The van der Waals surface area contributed by atoms with Crippen molar-refractivity contribution in [2.24, 2.45) is 0 Å². The van der Waals surface area contributed by atoms with Crippen LogP contribution < -0.4 is 0 Å². The fraction of sp³-hybridized carbons (Fsp3) is 0.889. The minimum absolute atomic E-state index is 0.0140. The molecule has 13 heavy (non-hydrogen) atoms. The molecule has 3 fully saturated rings. The standard InChI is InChI=1S/C9H15NO3/c1-9(2,3)13-8(11)10-5-6-4-7(10)12-6/h6-7H,4-5H2,1-3H3/t6-,7?/m0/s1. The topological polar surface area (TPSA) is 38.8 Å². The second-order valence-electron chi connectivity index (χ2n) is 4.58. The van der Waals surface area contributed by atoms with Crippen molar-refractivity contribution in [3.63, 3.8) is 0 Å². The van der Waals surface area contributed by atoms with E-state index in [2.05, 4.69) is 0 Å². The summed E-state index contributed by atoms with van der Waals surface area (Å²) in [5, 5.41) is 0. The third-order valence-corrected chi connectivity index (χ3v) is 2.19. The van der Waals surface area contributed by atoms with Crippen molar-refractivity contribution in [2.45, 2.75) is 45.1 Å². The summed E-state index contributed by atoms with van der Waals surface area (Å²) in [5.41, 5.74) is -0.413. The SMILES string of the molecule is CC(C)(C)OC(=O)N1C[C@@H]2CC1O2. The molecule has 74 valence electrons. The Bertz CT molecular complexity index is 228. The summed E-state index contributed by atoms with van der Waals surface area (Å²) >= 11 is 0. The first-order chi connectivity index (χ1) is 5.96. The Labute approximate surface area is 77.8 Å². The number of ether oxygens (including phenoxy) is 2. The molecule has 0 N–H and O–H groups in total. The van der Waals surface area contributed by atoms with Crippen molar-refractivity contribution in [1.82, 2.24) is 4.90 Å². The van der Waals surface area contributed by atoms with Crippen LogP contribution in [0.1, 0.15) is 27.2 Å². The minimum atomic E-state index is -0.413. The Morgan fingerprint density at radius 1 is 1.54 bits per heavy atom. The molecule has 3 aliphatic heterocycles. The smallest absolute Gasteiger partial charge is 0.412 e. The summed E-state index contributed by atoms with van der Waals surface area (Å²) in [6, 6.07) is 0. The first-order valence-corrected chi connectivity index (χ1v) is 4.61. The molecule has 0 radical (unpaired) electrons. The fourth-order valence-electron chi connectivity index (χ4n) is 1.60. The van der Waals surface area contributed by atoms with E-state index in [9.17, 15) is 4.79 Å². The molecule has 0 aromatic rings. The lowest BCUT2D eigenvalue weighted by atomic mass is 10.2. The number of carbonyl (C=O) groups excluding carboxylic acids is 1. The van der Waals surface area contributed by atoms with Gasteiger partial charge in [-0.05, 0) is 20.8 Å². The Morgan fingerprint density at radius 3 is 2.54 bits per heavy atom. The van der Waals surface area contributed by atoms with Crippen LogP contribution in [-0.2, 0) is 9.47 Å². The molecule has 1 unspecified atom stereocenters. The zero-order valence-electron chi connectivity index (χ0n) is 8.24. The second kappa shape index (κ2) is 2.61. The van der Waals surface area contributed by atoms with Gasteiger partial charge in [0.15, 0.2) is 0 Å². The molecule has 4 heteroatoms. The summed E-state index contributed by atoms with van der Waals surface area (Å²) in [6.45, 7) is 6.30. The number of amides is 1. The lowest BCUT2D eigenvalue weighted by Gasteiger charge is -2.28. The van der Waals surface area contributed by atoms with Gasteiger partial charge in [0.25, 0.3) is 0 Å². The van der Waals surface area contributed by atoms with E-state index in [1.54, 1.807) is 4.90 Å². The molecular formula is C9H15NO3. The molecule has 1 amide bonds. The molecule has 0 aliphatic carbocycles. The molecule has 2 atom stereocenters. The van der Waals surface area contributed by atoms with Crippen LogP contribution in [0.2, 0.25) is 0 Å². The molecule has 3 heterocycles. The summed E-state index contributed by atoms with van der Waals surface area (Å²) in [6.07, 6.45) is 0.967. The van der Waals surface area contributed by atoms with E-state index >= 15 is 0 Å². The number of hydrogen-bond donors (Lipinski definition) is 0. The van der Waals surface area contributed by atoms with Gasteiger partial charge >= 0.3 is 6.09 Å². The van der Waals surface area contributed by atoms with Gasteiger partial charge in [-0.2, -0.15) is 0 Å². The van der Waals surface area contributed by atoms with Gasteiger partial charge in [0, 0.05) is 6.42 Å². The molecule has 0 aromatic carbocycles. The van der Waals surface area contributed by atoms with Gasteiger partial charge in [-0.3, -0.25) is 4.90 Å². The molecule has 4 nitrogen and oxygen atoms in total. The Balaban J connectivity index is 1.91. The molecule has 3 aliphatic rings. The first-order valence-electron chi connectivity index (χ1n) is 4.61. The van der Waals surface area contributed by atoms with E-state index in [0.717, 1.165) is 6.42 Å². The lowest BCUT2D eigenvalue weighted by Crippen LogP contribution is -2.39. The van der Waals surface area contributed by atoms with E-state index in [0.29, 0.717) is 6.54 Å². The van der Waals surface area contributed by atoms with E-state index < -0.39 is 5.60 Å². The zero-order valence-corrected chi connectivity index (χ0v) is 8.24. The Morgan fingerprint density at radius 2 is 2.15 bits per heavy atom. The van der Waals surface area contributed by atoms with Crippen LogP contribution in [0.15, 0.2) is 0 Å².